The number of aromatic nitrogens is 4. The third-order valence-electron chi connectivity index (χ3n) is 5.90. The molecule has 0 unspecified atom stereocenters. The van der Waals surface area contributed by atoms with Gasteiger partial charge in [-0.15, -0.1) is 0 Å². The summed E-state index contributed by atoms with van der Waals surface area (Å²) in [5.41, 5.74) is 3.62. The second-order valence-electron chi connectivity index (χ2n) is 8.36. The Hall–Kier alpha value is -4.44. The van der Waals surface area contributed by atoms with E-state index in [-0.39, 0.29) is 5.56 Å². The molecule has 0 aliphatic carbocycles. The fourth-order valence-electron chi connectivity index (χ4n) is 3.95. The molecule has 3 heterocycles. The Labute approximate surface area is 208 Å². The van der Waals surface area contributed by atoms with E-state index in [2.05, 4.69) is 10.3 Å². The number of hydrogen-bond donors (Lipinski definition) is 1. The van der Waals surface area contributed by atoms with Gasteiger partial charge in [-0.05, 0) is 48.0 Å². The molecule has 0 atom stereocenters. The second-order valence-corrected chi connectivity index (χ2v) is 10.4. The van der Waals surface area contributed by atoms with Crippen molar-refractivity contribution in [3.05, 3.63) is 107 Å². The van der Waals surface area contributed by atoms with Crippen LogP contribution in [-0.4, -0.2) is 40.8 Å². The summed E-state index contributed by atoms with van der Waals surface area (Å²) in [6, 6.07) is 21.8. The molecule has 0 bridgehead atoms. The summed E-state index contributed by atoms with van der Waals surface area (Å²) in [7, 11) is -1.85. The summed E-state index contributed by atoms with van der Waals surface area (Å²) in [6.07, 6.45) is 6.56. The minimum absolute atomic E-state index is 0.0999. The van der Waals surface area contributed by atoms with Crippen molar-refractivity contribution >= 4 is 38.4 Å². The zero-order chi connectivity index (χ0) is 25.3. The van der Waals surface area contributed by atoms with E-state index in [0.717, 1.165) is 28.0 Å². The van der Waals surface area contributed by atoms with Crippen molar-refractivity contribution in [1.29, 1.82) is 0 Å². The first kappa shape index (κ1) is 23.3. The molecule has 5 aromatic rings. The maximum atomic E-state index is 12.1. The summed E-state index contributed by atoms with van der Waals surface area (Å²) < 4.78 is 29.0. The quantitative estimate of drug-likeness (QED) is 0.365. The van der Waals surface area contributed by atoms with Crippen molar-refractivity contribution in [3.8, 4) is 5.69 Å². The van der Waals surface area contributed by atoms with Crippen molar-refractivity contribution in [3.63, 3.8) is 0 Å². The van der Waals surface area contributed by atoms with E-state index in [9.17, 15) is 13.2 Å². The predicted octanol–water partition coefficient (Wildman–Crippen LogP) is 3.77. The first-order valence-corrected chi connectivity index (χ1v) is 13.0. The van der Waals surface area contributed by atoms with Crippen molar-refractivity contribution in [2.24, 2.45) is 0 Å². The number of rotatable bonds is 7. The molecule has 0 aliphatic heterocycles. The normalized spacial score (nSPS) is 11.5. The van der Waals surface area contributed by atoms with E-state index in [4.69, 9.17) is 4.98 Å². The van der Waals surface area contributed by atoms with Gasteiger partial charge in [0.25, 0.3) is 5.56 Å². The summed E-state index contributed by atoms with van der Waals surface area (Å²) >= 11 is 0. The highest BCUT2D eigenvalue weighted by molar-refractivity contribution is 7.92. The average Bonchev–Trinajstić information content (AvgIpc) is 3.26. The smallest absolute Gasteiger partial charge is 0.255 e. The molecule has 36 heavy (non-hydrogen) atoms. The monoisotopic (exact) mass is 500 g/mol. The summed E-state index contributed by atoms with van der Waals surface area (Å²) in [4.78, 5) is 21.2. The number of sulfonamides is 1. The fourth-order valence-corrected chi connectivity index (χ4v) is 4.48. The Kier molecular flexibility index (Phi) is 6.03. The van der Waals surface area contributed by atoms with Gasteiger partial charge in [0.1, 0.15) is 5.65 Å². The lowest BCUT2D eigenvalue weighted by Gasteiger charge is -2.20. The molecule has 0 radical (unpaired) electrons. The van der Waals surface area contributed by atoms with Gasteiger partial charge in [0.15, 0.2) is 0 Å². The molecule has 1 N–H and O–H groups in total. The Bertz CT molecular complexity index is 1710. The number of para-hydroxylation sites is 1. The maximum Gasteiger partial charge on any atom is 0.255 e. The molecule has 182 valence electrons. The van der Waals surface area contributed by atoms with Crippen LogP contribution >= 0.6 is 0 Å². The van der Waals surface area contributed by atoms with Crippen LogP contribution in [0.5, 0.6) is 0 Å². The Balaban J connectivity index is 1.41. The molecule has 9 nitrogen and oxygen atoms in total. The summed E-state index contributed by atoms with van der Waals surface area (Å²) in [5.74, 6) is 0.425. The van der Waals surface area contributed by atoms with E-state index in [0.29, 0.717) is 18.2 Å². The van der Waals surface area contributed by atoms with Crippen molar-refractivity contribution < 1.29 is 8.42 Å². The van der Waals surface area contributed by atoms with E-state index in [1.165, 1.54) is 16.6 Å². The molecule has 10 heteroatoms. The highest BCUT2D eigenvalue weighted by Gasteiger charge is 2.16. The third-order valence-corrected chi connectivity index (χ3v) is 7.09. The number of hydrogen-bond acceptors (Lipinski definition) is 6. The number of anilines is 3. The lowest BCUT2D eigenvalue weighted by atomic mass is 10.2. The molecular formula is C26H24N6O3S. The second kappa shape index (κ2) is 9.31. The molecule has 0 fully saturated rings. The van der Waals surface area contributed by atoms with Gasteiger partial charge in [0.05, 0.1) is 18.5 Å². The Morgan fingerprint density at radius 2 is 1.69 bits per heavy atom. The van der Waals surface area contributed by atoms with Crippen LogP contribution in [0.25, 0.3) is 16.7 Å². The highest BCUT2D eigenvalue weighted by Crippen LogP contribution is 2.25. The van der Waals surface area contributed by atoms with Crippen molar-refractivity contribution in [2.45, 2.75) is 6.54 Å². The van der Waals surface area contributed by atoms with Crippen LogP contribution in [0.4, 0.5) is 17.3 Å². The molecule has 0 saturated carbocycles. The van der Waals surface area contributed by atoms with Gasteiger partial charge in [-0.25, -0.2) is 13.4 Å². The van der Waals surface area contributed by atoms with Gasteiger partial charge in [-0.1, -0.05) is 24.3 Å². The Morgan fingerprint density at radius 1 is 0.944 bits per heavy atom. The van der Waals surface area contributed by atoms with E-state index in [1.54, 1.807) is 36.1 Å². The first-order chi connectivity index (χ1) is 17.3. The largest absolute Gasteiger partial charge is 0.328 e. The average molecular weight is 501 g/mol. The zero-order valence-electron chi connectivity index (χ0n) is 19.7. The minimum atomic E-state index is -3.39. The molecule has 0 amide bonds. The summed E-state index contributed by atoms with van der Waals surface area (Å²) in [6.45, 7) is 0.441. The summed E-state index contributed by atoms with van der Waals surface area (Å²) in [5, 5.41) is 4.08. The van der Waals surface area contributed by atoms with Gasteiger partial charge >= 0.3 is 0 Å². The molecule has 0 aliphatic rings. The van der Waals surface area contributed by atoms with E-state index < -0.39 is 10.0 Å². The van der Waals surface area contributed by atoms with Gasteiger partial charge in [-0.3, -0.25) is 13.7 Å². The number of pyridine rings is 1. The van der Waals surface area contributed by atoms with Gasteiger partial charge in [0, 0.05) is 48.5 Å². The van der Waals surface area contributed by atoms with Gasteiger partial charge in [0.2, 0.25) is 16.0 Å². The van der Waals surface area contributed by atoms with E-state index >= 15 is 0 Å². The van der Waals surface area contributed by atoms with Gasteiger partial charge in [-0.2, -0.15) is 4.98 Å². The van der Waals surface area contributed by atoms with Crippen LogP contribution in [0.2, 0.25) is 0 Å². The van der Waals surface area contributed by atoms with Crippen LogP contribution < -0.4 is 15.2 Å². The van der Waals surface area contributed by atoms with Crippen LogP contribution in [-0.2, 0) is 16.6 Å². The fraction of sp³-hybridized carbons (Fsp3) is 0.115. The predicted molar refractivity (Wildman–Crippen MR) is 142 cm³/mol. The number of benzene rings is 2. The van der Waals surface area contributed by atoms with Crippen LogP contribution in [0.15, 0.2) is 96.2 Å². The molecule has 0 spiro atoms. The zero-order valence-corrected chi connectivity index (χ0v) is 20.6. The van der Waals surface area contributed by atoms with Crippen LogP contribution in [0, 0.1) is 0 Å². The Morgan fingerprint density at radius 3 is 2.44 bits per heavy atom. The standard InChI is InChI=1S/C26H24N6O3S/c1-30(36(2,34)35)23-8-4-3-7-20(23)18-31-16-14-19-17-27-26(29-25(19)31)28-21-10-12-22(13-11-21)32-15-6-5-9-24(32)33/h3-17H,18H2,1-2H3,(H,27,28,29). The topological polar surface area (TPSA) is 102 Å². The molecular weight excluding hydrogens is 476 g/mol. The third kappa shape index (κ3) is 4.71. The van der Waals surface area contributed by atoms with Crippen molar-refractivity contribution in [2.75, 3.05) is 22.9 Å². The van der Waals surface area contributed by atoms with Crippen molar-refractivity contribution in [1.82, 2.24) is 19.1 Å². The van der Waals surface area contributed by atoms with E-state index in [1.807, 2.05) is 65.4 Å². The molecule has 2 aromatic carbocycles. The van der Waals surface area contributed by atoms with Crippen LogP contribution in [0.3, 0.4) is 0 Å². The minimum Gasteiger partial charge on any atom is -0.328 e. The number of fused-ring (bicyclic) bond motifs is 1. The number of nitrogens with zero attached hydrogens (tertiary/aromatic N) is 5. The maximum absolute atomic E-state index is 12.1. The molecule has 5 rings (SSSR count). The van der Waals surface area contributed by atoms with Crippen LogP contribution in [0.1, 0.15) is 5.56 Å². The highest BCUT2D eigenvalue weighted by atomic mass is 32.2. The number of nitrogens with one attached hydrogen (secondary N) is 1. The van der Waals surface area contributed by atoms with Gasteiger partial charge < -0.3 is 9.88 Å². The lowest BCUT2D eigenvalue weighted by molar-refractivity contribution is 0.600. The SMILES string of the molecule is CN(c1ccccc1Cn1ccc2cnc(Nc3ccc(-n4ccccc4=O)cc3)nc21)S(C)(=O)=O. The molecule has 3 aromatic heterocycles. The first-order valence-electron chi connectivity index (χ1n) is 11.2. The molecule has 0 saturated heterocycles. The lowest BCUT2D eigenvalue weighted by Crippen LogP contribution is -2.26.